The summed E-state index contributed by atoms with van der Waals surface area (Å²) in [6.45, 7) is 0.406. The van der Waals surface area contributed by atoms with Crippen LogP contribution in [0.4, 0.5) is 14.5 Å². The number of rotatable bonds is 3. The number of aromatic nitrogens is 1. The first-order valence-electron chi connectivity index (χ1n) is 6.35. The van der Waals surface area contributed by atoms with Crippen LogP contribution in [0.25, 0.3) is 10.8 Å². The molecule has 0 aliphatic rings. The number of hydrogen-bond acceptors (Lipinski definition) is 2. The third-order valence-corrected chi connectivity index (χ3v) is 3.84. The van der Waals surface area contributed by atoms with E-state index in [0.29, 0.717) is 6.54 Å². The van der Waals surface area contributed by atoms with Crippen molar-refractivity contribution in [2.75, 3.05) is 5.32 Å². The molecule has 106 valence electrons. The Hall–Kier alpha value is -2.01. The lowest BCUT2D eigenvalue weighted by Gasteiger charge is -2.10. The van der Waals surface area contributed by atoms with Crippen molar-refractivity contribution in [2.45, 2.75) is 6.54 Å². The number of anilines is 1. The third kappa shape index (κ3) is 2.88. The van der Waals surface area contributed by atoms with E-state index in [1.165, 1.54) is 6.07 Å². The maximum atomic E-state index is 13.7. The maximum absolute atomic E-state index is 13.7. The summed E-state index contributed by atoms with van der Waals surface area (Å²) in [5.41, 5.74) is 1.20. The highest BCUT2D eigenvalue weighted by molar-refractivity contribution is 9.10. The summed E-state index contributed by atoms with van der Waals surface area (Å²) >= 11 is 3.05. The first-order valence-corrected chi connectivity index (χ1v) is 7.14. The molecule has 0 saturated carbocycles. The maximum Gasteiger partial charge on any atom is 0.149 e. The second kappa shape index (κ2) is 5.77. The van der Waals surface area contributed by atoms with E-state index in [1.807, 2.05) is 24.3 Å². The fraction of sp³-hybridized carbons (Fsp3) is 0.0625. The van der Waals surface area contributed by atoms with E-state index in [0.717, 1.165) is 22.4 Å². The van der Waals surface area contributed by atoms with Crippen molar-refractivity contribution in [3.8, 4) is 0 Å². The van der Waals surface area contributed by atoms with Gasteiger partial charge in [-0.05, 0) is 32.9 Å². The summed E-state index contributed by atoms with van der Waals surface area (Å²) in [5.74, 6) is -1.24. The SMILES string of the molecule is Fc1cc(F)c(NCc2cncc3ccccc23)cc1Br. The minimum absolute atomic E-state index is 0.224. The van der Waals surface area contributed by atoms with Gasteiger partial charge in [-0.15, -0.1) is 0 Å². The lowest BCUT2D eigenvalue weighted by atomic mass is 10.1. The molecule has 0 aliphatic carbocycles. The van der Waals surface area contributed by atoms with Gasteiger partial charge in [-0.25, -0.2) is 8.78 Å². The average molecular weight is 349 g/mol. The van der Waals surface area contributed by atoms with Gasteiger partial charge < -0.3 is 5.32 Å². The van der Waals surface area contributed by atoms with Crippen LogP contribution in [0.15, 0.2) is 53.3 Å². The minimum atomic E-state index is -0.621. The number of benzene rings is 2. The highest BCUT2D eigenvalue weighted by Gasteiger charge is 2.08. The average Bonchev–Trinajstić information content (AvgIpc) is 2.49. The Labute approximate surface area is 129 Å². The van der Waals surface area contributed by atoms with Crippen LogP contribution in [0, 0.1) is 11.6 Å². The Bertz CT molecular complexity index is 800. The molecule has 1 aromatic heterocycles. The zero-order valence-electron chi connectivity index (χ0n) is 10.9. The smallest absolute Gasteiger partial charge is 0.149 e. The van der Waals surface area contributed by atoms with Gasteiger partial charge in [0.25, 0.3) is 0 Å². The third-order valence-electron chi connectivity index (χ3n) is 3.23. The van der Waals surface area contributed by atoms with Crippen molar-refractivity contribution in [3.63, 3.8) is 0 Å². The molecule has 3 rings (SSSR count). The van der Waals surface area contributed by atoms with Crippen LogP contribution in [0.5, 0.6) is 0 Å². The highest BCUT2D eigenvalue weighted by Crippen LogP contribution is 2.25. The van der Waals surface area contributed by atoms with E-state index in [1.54, 1.807) is 12.4 Å². The lowest BCUT2D eigenvalue weighted by molar-refractivity contribution is 0.580. The van der Waals surface area contributed by atoms with Crippen LogP contribution >= 0.6 is 15.9 Å². The summed E-state index contributed by atoms with van der Waals surface area (Å²) < 4.78 is 27.1. The first kappa shape index (κ1) is 13.9. The molecule has 0 fully saturated rings. The summed E-state index contributed by atoms with van der Waals surface area (Å²) in [6.07, 6.45) is 3.53. The largest absolute Gasteiger partial charge is 0.378 e. The molecule has 0 bridgehead atoms. The summed E-state index contributed by atoms with van der Waals surface area (Å²) in [7, 11) is 0. The van der Waals surface area contributed by atoms with E-state index in [9.17, 15) is 8.78 Å². The van der Waals surface area contributed by atoms with Crippen molar-refractivity contribution in [2.24, 2.45) is 0 Å². The van der Waals surface area contributed by atoms with E-state index >= 15 is 0 Å². The Balaban J connectivity index is 1.89. The molecule has 0 radical (unpaired) electrons. The summed E-state index contributed by atoms with van der Waals surface area (Å²) in [5, 5.41) is 5.06. The number of hydrogen-bond donors (Lipinski definition) is 1. The van der Waals surface area contributed by atoms with E-state index in [4.69, 9.17) is 0 Å². The van der Waals surface area contributed by atoms with Crippen molar-refractivity contribution < 1.29 is 8.78 Å². The van der Waals surface area contributed by atoms with Crippen molar-refractivity contribution in [3.05, 3.63) is 70.5 Å². The van der Waals surface area contributed by atoms with Gasteiger partial charge in [0.1, 0.15) is 11.6 Å². The topological polar surface area (TPSA) is 24.9 Å². The Morgan fingerprint density at radius 2 is 1.86 bits per heavy atom. The van der Waals surface area contributed by atoms with Gasteiger partial charge >= 0.3 is 0 Å². The van der Waals surface area contributed by atoms with Crippen molar-refractivity contribution in [1.29, 1.82) is 0 Å². The predicted molar refractivity (Wildman–Crippen MR) is 83.1 cm³/mol. The fourth-order valence-electron chi connectivity index (χ4n) is 2.17. The molecule has 0 spiro atoms. The van der Waals surface area contributed by atoms with Crippen LogP contribution in [0.2, 0.25) is 0 Å². The summed E-state index contributed by atoms with van der Waals surface area (Å²) in [6, 6.07) is 10.1. The molecule has 0 saturated heterocycles. The zero-order chi connectivity index (χ0) is 14.8. The van der Waals surface area contributed by atoms with Gasteiger partial charge in [0.2, 0.25) is 0 Å². The Kier molecular flexibility index (Phi) is 3.84. The number of nitrogens with zero attached hydrogens (tertiary/aromatic N) is 1. The molecule has 1 heterocycles. The van der Waals surface area contributed by atoms with Gasteiger partial charge in [-0.3, -0.25) is 4.98 Å². The van der Waals surface area contributed by atoms with E-state index in [-0.39, 0.29) is 10.2 Å². The molecule has 21 heavy (non-hydrogen) atoms. The molecular formula is C16H11BrF2N2. The fourth-order valence-corrected chi connectivity index (χ4v) is 2.51. The quantitative estimate of drug-likeness (QED) is 0.681. The molecule has 1 N–H and O–H groups in total. The van der Waals surface area contributed by atoms with Gasteiger partial charge in [-0.1, -0.05) is 24.3 Å². The van der Waals surface area contributed by atoms with Gasteiger partial charge in [-0.2, -0.15) is 0 Å². The van der Waals surface area contributed by atoms with Crippen molar-refractivity contribution in [1.82, 2.24) is 4.98 Å². The minimum Gasteiger partial charge on any atom is -0.378 e. The van der Waals surface area contributed by atoms with E-state index in [2.05, 4.69) is 26.2 Å². The number of pyridine rings is 1. The number of nitrogens with one attached hydrogen (secondary N) is 1. The molecule has 2 nitrogen and oxygen atoms in total. The van der Waals surface area contributed by atoms with Crippen LogP contribution in [0.3, 0.4) is 0 Å². The molecule has 3 aromatic rings. The number of fused-ring (bicyclic) bond motifs is 1. The predicted octanol–water partition coefficient (Wildman–Crippen LogP) is 4.89. The molecule has 0 unspecified atom stereocenters. The van der Waals surface area contributed by atoms with E-state index < -0.39 is 11.6 Å². The molecule has 5 heteroatoms. The number of halogens is 3. The lowest BCUT2D eigenvalue weighted by Crippen LogP contribution is -2.03. The zero-order valence-corrected chi connectivity index (χ0v) is 12.5. The van der Waals surface area contributed by atoms with Crippen LogP contribution in [0.1, 0.15) is 5.56 Å². The molecule has 0 atom stereocenters. The second-order valence-corrected chi connectivity index (χ2v) is 5.47. The van der Waals surface area contributed by atoms with Crippen LogP contribution in [-0.4, -0.2) is 4.98 Å². The molecule has 0 amide bonds. The van der Waals surface area contributed by atoms with Crippen LogP contribution in [-0.2, 0) is 6.54 Å². The Morgan fingerprint density at radius 1 is 1.05 bits per heavy atom. The second-order valence-electron chi connectivity index (χ2n) is 4.62. The van der Waals surface area contributed by atoms with Gasteiger partial charge in [0.15, 0.2) is 0 Å². The molecular weight excluding hydrogens is 338 g/mol. The van der Waals surface area contributed by atoms with Crippen molar-refractivity contribution >= 4 is 32.4 Å². The van der Waals surface area contributed by atoms with Gasteiger partial charge in [0.05, 0.1) is 10.2 Å². The first-order chi connectivity index (χ1) is 10.1. The van der Waals surface area contributed by atoms with Gasteiger partial charge in [0, 0.05) is 30.4 Å². The normalized spacial score (nSPS) is 10.8. The Morgan fingerprint density at radius 3 is 2.71 bits per heavy atom. The van der Waals surface area contributed by atoms with Crippen LogP contribution < -0.4 is 5.32 Å². The standard InChI is InChI=1S/C16H11BrF2N2/c17-13-5-16(15(19)6-14(13)18)21-9-11-8-20-7-10-3-1-2-4-12(10)11/h1-8,21H,9H2. The summed E-state index contributed by atoms with van der Waals surface area (Å²) in [4.78, 5) is 4.18. The monoisotopic (exact) mass is 348 g/mol. The molecule has 2 aromatic carbocycles. The highest BCUT2D eigenvalue weighted by atomic mass is 79.9. The molecule has 0 aliphatic heterocycles.